The molecule has 0 atom stereocenters. The van der Waals surface area contributed by atoms with E-state index >= 15 is 0 Å². The Morgan fingerprint density at radius 3 is 2.94 bits per heavy atom. The van der Waals surface area contributed by atoms with Gasteiger partial charge < -0.3 is 10.6 Å². The fraction of sp³-hybridized carbons (Fsp3) is 0.250. The number of rotatable bonds is 4. The lowest BCUT2D eigenvalue weighted by molar-refractivity contribution is -0.120. The summed E-state index contributed by atoms with van der Waals surface area (Å²) in [4.78, 5) is 19.4. The van der Waals surface area contributed by atoms with Crippen LogP contribution in [-0.2, 0) is 4.79 Å². The van der Waals surface area contributed by atoms with E-state index in [2.05, 4.69) is 20.6 Å². The van der Waals surface area contributed by atoms with E-state index in [1.807, 2.05) is 24.3 Å². The molecule has 0 aliphatic carbocycles. The van der Waals surface area contributed by atoms with Gasteiger partial charge in [0.15, 0.2) is 0 Å². The number of fused-ring (bicyclic) bond motifs is 1. The molecule has 2 aromatic rings. The smallest absolute Gasteiger partial charge is 0.221 e. The van der Waals surface area contributed by atoms with E-state index in [1.54, 1.807) is 7.05 Å². The largest absolute Gasteiger partial charge is 0.369 e. The summed E-state index contributed by atoms with van der Waals surface area (Å²) in [5.41, 5.74) is 0.893. The van der Waals surface area contributed by atoms with Crippen molar-refractivity contribution >= 4 is 22.6 Å². The maximum Gasteiger partial charge on any atom is 0.221 e. The molecule has 1 amide bonds. The normalized spacial score (nSPS) is 10.2. The Balaban J connectivity index is 2.11. The number of nitrogens with one attached hydrogen (secondary N) is 2. The van der Waals surface area contributed by atoms with Crippen LogP contribution in [0.15, 0.2) is 30.6 Å². The van der Waals surface area contributed by atoms with Gasteiger partial charge in [-0.05, 0) is 12.1 Å². The summed E-state index contributed by atoms with van der Waals surface area (Å²) in [5, 5.41) is 6.68. The average Bonchev–Trinajstić information content (AvgIpc) is 2.39. The number of amides is 1. The van der Waals surface area contributed by atoms with Crippen LogP contribution in [0.5, 0.6) is 0 Å². The van der Waals surface area contributed by atoms with Gasteiger partial charge >= 0.3 is 0 Å². The highest BCUT2D eigenvalue weighted by Crippen LogP contribution is 2.17. The van der Waals surface area contributed by atoms with Crippen molar-refractivity contribution in [1.82, 2.24) is 15.3 Å². The SMILES string of the molecule is CNC(=O)CCNc1ncnc2ccccc12. The molecule has 2 rings (SSSR count). The predicted octanol–water partition coefficient (Wildman–Crippen LogP) is 1.18. The van der Waals surface area contributed by atoms with Gasteiger partial charge in [-0.25, -0.2) is 9.97 Å². The first kappa shape index (κ1) is 11.3. The van der Waals surface area contributed by atoms with Crippen molar-refractivity contribution in [3.8, 4) is 0 Å². The Morgan fingerprint density at radius 2 is 2.12 bits per heavy atom. The van der Waals surface area contributed by atoms with Gasteiger partial charge in [0.1, 0.15) is 12.1 Å². The highest BCUT2D eigenvalue weighted by Gasteiger charge is 2.03. The molecule has 0 saturated carbocycles. The van der Waals surface area contributed by atoms with Gasteiger partial charge in [0.25, 0.3) is 0 Å². The molecule has 0 bridgehead atoms. The summed E-state index contributed by atoms with van der Waals surface area (Å²) >= 11 is 0. The van der Waals surface area contributed by atoms with Crippen LogP contribution in [0.2, 0.25) is 0 Å². The number of anilines is 1. The Morgan fingerprint density at radius 1 is 1.29 bits per heavy atom. The number of aromatic nitrogens is 2. The summed E-state index contributed by atoms with van der Waals surface area (Å²) in [5.74, 6) is 0.773. The second-order valence-corrected chi connectivity index (χ2v) is 3.59. The summed E-state index contributed by atoms with van der Waals surface area (Å²) in [6, 6.07) is 7.76. The molecule has 1 aromatic carbocycles. The lowest BCUT2D eigenvalue weighted by Gasteiger charge is -2.07. The van der Waals surface area contributed by atoms with E-state index in [1.165, 1.54) is 6.33 Å². The van der Waals surface area contributed by atoms with Gasteiger partial charge in [-0.1, -0.05) is 12.1 Å². The third-order valence-corrected chi connectivity index (χ3v) is 2.47. The first-order valence-electron chi connectivity index (χ1n) is 5.45. The second kappa shape index (κ2) is 5.25. The summed E-state index contributed by atoms with van der Waals surface area (Å²) in [7, 11) is 1.63. The minimum absolute atomic E-state index is 0.0101. The Bertz CT molecular complexity index is 521. The molecule has 88 valence electrons. The monoisotopic (exact) mass is 230 g/mol. The van der Waals surface area contributed by atoms with Crippen LogP contribution in [0.3, 0.4) is 0 Å². The van der Waals surface area contributed by atoms with Crippen molar-refractivity contribution in [1.29, 1.82) is 0 Å². The molecule has 0 spiro atoms. The maximum atomic E-state index is 11.1. The van der Waals surface area contributed by atoms with E-state index in [0.29, 0.717) is 13.0 Å². The number of carbonyl (C=O) groups excluding carboxylic acids is 1. The Labute approximate surface area is 99.3 Å². The molecule has 0 unspecified atom stereocenters. The molecule has 1 aromatic heterocycles. The lowest BCUT2D eigenvalue weighted by Crippen LogP contribution is -2.21. The molecule has 2 N–H and O–H groups in total. The predicted molar refractivity (Wildman–Crippen MR) is 66.7 cm³/mol. The zero-order valence-electron chi connectivity index (χ0n) is 9.60. The zero-order valence-corrected chi connectivity index (χ0v) is 9.60. The summed E-state index contributed by atoms with van der Waals surface area (Å²) < 4.78 is 0. The quantitative estimate of drug-likeness (QED) is 0.827. The standard InChI is InChI=1S/C12H14N4O/c1-13-11(17)6-7-14-12-9-4-2-3-5-10(9)15-8-16-12/h2-5,8H,6-7H2,1H3,(H,13,17)(H,14,15,16). The topological polar surface area (TPSA) is 66.9 Å². The number of carbonyl (C=O) groups is 1. The fourth-order valence-electron chi connectivity index (χ4n) is 1.57. The molecule has 5 nitrogen and oxygen atoms in total. The molecule has 0 aliphatic rings. The molecule has 17 heavy (non-hydrogen) atoms. The van der Waals surface area contributed by atoms with Crippen LogP contribution in [0.4, 0.5) is 5.82 Å². The summed E-state index contributed by atoms with van der Waals surface area (Å²) in [6.45, 7) is 0.556. The third kappa shape index (κ3) is 2.69. The van der Waals surface area contributed by atoms with Crippen LogP contribution in [0.25, 0.3) is 10.9 Å². The first-order valence-corrected chi connectivity index (χ1v) is 5.45. The number of benzene rings is 1. The van der Waals surface area contributed by atoms with Crippen LogP contribution in [-0.4, -0.2) is 29.5 Å². The van der Waals surface area contributed by atoms with Crippen LogP contribution < -0.4 is 10.6 Å². The highest BCUT2D eigenvalue weighted by molar-refractivity contribution is 5.88. The maximum absolute atomic E-state index is 11.1. The van der Waals surface area contributed by atoms with Crippen molar-refractivity contribution in [3.05, 3.63) is 30.6 Å². The number of nitrogens with zero attached hydrogens (tertiary/aromatic N) is 2. The van der Waals surface area contributed by atoms with Crippen LogP contribution >= 0.6 is 0 Å². The highest BCUT2D eigenvalue weighted by atomic mass is 16.1. The van der Waals surface area contributed by atoms with E-state index in [0.717, 1.165) is 16.7 Å². The van der Waals surface area contributed by atoms with Crippen molar-refractivity contribution < 1.29 is 4.79 Å². The zero-order chi connectivity index (χ0) is 12.1. The Kier molecular flexibility index (Phi) is 3.49. The molecule has 0 radical (unpaired) electrons. The van der Waals surface area contributed by atoms with Gasteiger partial charge in [-0.3, -0.25) is 4.79 Å². The van der Waals surface area contributed by atoms with Crippen molar-refractivity contribution in [2.45, 2.75) is 6.42 Å². The van der Waals surface area contributed by atoms with Gasteiger partial charge in [0.05, 0.1) is 5.52 Å². The molecular weight excluding hydrogens is 216 g/mol. The van der Waals surface area contributed by atoms with Crippen molar-refractivity contribution in [3.63, 3.8) is 0 Å². The molecule has 5 heteroatoms. The minimum atomic E-state index is 0.0101. The minimum Gasteiger partial charge on any atom is -0.369 e. The number of hydrogen-bond acceptors (Lipinski definition) is 4. The molecule has 1 heterocycles. The van der Waals surface area contributed by atoms with Crippen LogP contribution in [0, 0.1) is 0 Å². The average molecular weight is 230 g/mol. The molecule has 0 aliphatic heterocycles. The van der Waals surface area contributed by atoms with Gasteiger partial charge in [-0.15, -0.1) is 0 Å². The molecule has 0 fully saturated rings. The van der Waals surface area contributed by atoms with Crippen molar-refractivity contribution in [2.75, 3.05) is 18.9 Å². The van der Waals surface area contributed by atoms with Gasteiger partial charge in [-0.2, -0.15) is 0 Å². The van der Waals surface area contributed by atoms with Gasteiger partial charge in [0.2, 0.25) is 5.91 Å². The van der Waals surface area contributed by atoms with E-state index < -0.39 is 0 Å². The van der Waals surface area contributed by atoms with E-state index in [9.17, 15) is 4.79 Å². The van der Waals surface area contributed by atoms with E-state index in [-0.39, 0.29) is 5.91 Å². The number of hydrogen-bond donors (Lipinski definition) is 2. The molecular formula is C12H14N4O. The first-order chi connectivity index (χ1) is 8.31. The van der Waals surface area contributed by atoms with E-state index in [4.69, 9.17) is 0 Å². The Hall–Kier alpha value is -2.17. The van der Waals surface area contributed by atoms with Gasteiger partial charge in [0, 0.05) is 25.4 Å². The third-order valence-electron chi connectivity index (χ3n) is 2.47. The number of para-hydroxylation sites is 1. The van der Waals surface area contributed by atoms with Crippen molar-refractivity contribution in [2.24, 2.45) is 0 Å². The lowest BCUT2D eigenvalue weighted by atomic mass is 10.2. The second-order valence-electron chi connectivity index (χ2n) is 3.59. The molecule has 0 saturated heterocycles. The summed E-state index contributed by atoms with van der Waals surface area (Å²) in [6.07, 6.45) is 1.94. The van der Waals surface area contributed by atoms with Crippen LogP contribution in [0.1, 0.15) is 6.42 Å². The fourth-order valence-corrected chi connectivity index (χ4v) is 1.57.